The van der Waals surface area contributed by atoms with Crippen molar-refractivity contribution in [3.63, 3.8) is 0 Å². The third kappa shape index (κ3) is 3.38. The molecular weight excluding hydrogens is 247 g/mol. The number of carbonyl (C=O) groups excluding carboxylic acids is 1. The number of halogens is 3. The van der Waals surface area contributed by atoms with E-state index in [0.717, 1.165) is 6.92 Å². The zero-order chi connectivity index (χ0) is 14.1. The Balaban J connectivity index is 2.99. The SMILES string of the molecule is Cc1c(F)cc(F)c(NC(=O)OC(C)(C)C)c1F. The van der Waals surface area contributed by atoms with Gasteiger partial charge in [0.1, 0.15) is 17.1 Å². The Morgan fingerprint density at radius 2 is 1.78 bits per heavy atom. The van der Waals surface area contributed by atoms with Crippen LogP contribution in [0.1, 0.15) is 26.3 Å². The largest absolute Gasteiger partial charge is 0.444 e. The Morgan fingerprint density at radius 3 is 2.28 bits per heavy atom. The van der Waals surface area contributed by atoms with E-state index in [1.807, 2.05) is 5.32 Å². The van der Waals surface area contributed by atoms with E-state index in [2.05, 4.69) is 0 Å². The van der Waals surface area contributed by atoms with Crippen LogP contribution in [0.4, 0.5) is 23.7 Å². The second kappa shape index (κ2) is 4.88. The third-order valence-electron chi connectivity index (χ3n) is 2.03. The van der Waals surface area contributed by atoms with Gasteiger partial charge in [-0.15, -0.1) is 0 Å². The average Bonchev–Trinajstić information content (AvgIpc) is 2.19. The van der Waals surface area contributed by atoms with Gasteiger partial charge in [0.05, 0.1) is 0 Å². The van der Waals surface area contributed by atoms with Crippen LogP contribution in [0.2, 0.25) is 0 Å². The van der Waals surface area contributed by atoms with Gasteiger partial charge in [0.2, 0.25) is 0 Å². The molecule has 0 unspecified atom stereocenters. The van der Waals surface area contributed by atoms with Gasteiger partial charge in [-0.2, -0.15) is 0 Å². The summed E-state index contributed by atoms with van der Waals surface area (Å²) in [4.78, 5) is 11.4. The Labute approximate surface area is 103 Å². The topological polar surface area (TPSA) is 38.3 Å². The second-order valence-corrected chi connectivity index (χ2v) is 4.78. The minimum absolute atomic E-state index is 0.373. The Kier molecular flexibility index (Phi) is 3.88. The predicted molar refractivity (Wildman–Crippen MR) is 60.9 cm³/mol. The number of ether oxygens (including phenoxy) is 1. The van der Waals surface area contributed by atoms with Gasteiger partial charge in [0.25, 0.3) is 0 Å². The van der Waals surface area contributed by atoms with Crippen LogP contribution in [-0.4, -0.2) is 11.7 Å². The summed E-state index contributed by atoms with van der Waals surface area (Å²) >= 11 is 0. The second-order valence-electron chi connectivity index (χ2n) is 4.78. The summed E-state index contributed by atoms with van der Waals surface area (Å²) in [6.45, 7) is 5.96. The van der Waals surface area contributed by atoms with Gasteiger partial charge in [-0.05, 0) is 27.7 Å². The van der Waals surface area contributed by atoms with Crippen molar-refractivity contribution in [2.75, 3.05) is 5.32 Å². The van der Waals surface area contributed by atoms with Crippen LogP contribution < -0.4 is 5.32 Å². The van der Waals surface area contributed by atoms with E-state index in [0.29, 0.717) is 6.07 Å². The highest BCUT2D eigenvalue weighted by molar-refractivity contribution is 5.85. The number of carbonyl (C=O) groups is 1. The molecule has 1 amide bonds. The molecule has 3 nitrogen and oxygen atoms in total. The standard InChI is InChI=1S/C12H14F3NO2/c1-6-7(13)5-8(14)10(9(6)15)16-11(17)18-12(2,3)4/h5H,1-4H3,(H,16,17). The third-order valence-corrected chi connectivity index (χ3v) is 2.03. The number of rotatable bonds is 1. The zero-order valence-corrected chi connectivity index (χ0v) is 10.5. The molecule has 0 saturated carbocycles. The molecule has 0 saturated heterocycles. The molecule has 0 heterocycles. The number of hydrogen-bond acceptors (Lipinski definition) is 2. The van der Waals surface area contributed by atoms with Crippen LogP contribution >= 0.6 is 0 Å². The fourth-order valence-electron chi connectivity index (χ4n) is 1.21. The van der Waals surface area contributed by atoms with Crippen LogP contribution in [0.3, 0.4) is 0 Å². The van der Waals surface area contributed by atoms with Crippen molar-refractivity contribution in [2.24, 2.45) is 0 Å². The molecule has 0 spiro atoms. The molecule has 0 aliphatic rings. The lowest BCUT2D eigenvalue weighted by Crippen LogP contribution is -2.28. The van der Waals surface area contributed by atoms with Gasteiger partial charge in [-0.1, -0.05) is 0 Å². The highest BCUT2D eigenvalue weighted by Crippen LogP contribution is 2.24. The van der Waals surface area contributed by atoms with Crippen LogP contribution in [0, 0.1) is 24.4 Å². The zero-order valence-electron chi connectivity index (χ0n) is 10.5. The van der Waals surface area contributed by atoms with E-state index in [1.165, 1.54) is 0 Å². The Bertz CT molecular complexity index is 481. The molecule has 1 aromatic rings. The van der Waals surface area contributed by atoms with E-state index in [-0.39, 0.29) is 5.56 Å². The number of anilines is 1. The van der Waals surface area contributed by atoms with Crippen LogP contribution in [0.5, 0.6) is 0 Å². The monoisotopic (exact) mass is 261 g/mol. The van der Waals surface area contributed by atoms with Crippen LogP contribution in [-0.2, 0) is 4.74 Å². The number of hydrogen-bond donors (Lipinski definition) is 1. The lowest BCUT2D eigenvalue weighted by molar-refractivity contribution is 0.0634. The molecule has 0 aliphatic heterocycles. The normalized spacial score (nSPS) is 11.3. The minimum atomic E-state index is -1.19. The molecule has 0 bridgehead atoms. The maximum atomic E-state index is 13.6. The van der Waals surface area contributed by atoms with Gasteiger partial charge in [-0.3, -0.25) is 5.32 Å². The van der Waals surface area contributed by atoms with Crippen LogP contribution in [0.25, 0.3) is 0 Å². The van der Waals surface area contributed by atoms with E-state index in [9.17, 15) is 18.0 Å². The van der Waals surface area contributed by atoms with Crippen molar-refractivity contribution < 1.29 is 22.7 Å². The van der Waals surface area contributed by atoms with Crippen molar-refractivity contribution in [3.8, 4) is 0 Å². The molecule has 0 aliphatic carbocycles. The van der Waals surface area contributed by atoms with Gasteiger partial charge < -0.3 is 4.74 Å². The highest BCUT2D eigenvalue weighted by atomic mass is 19.1. The molecule has 0 radical (unpaired) electrons. The fourth-order valence-corrected chi connectivity index (χ4v) is 1.21. The smallest absolute Gasteiger partial charge is 0.412 e. The lowest BCUT2D eigenvalue weighted by Gasteiger charge is -2.20. The maximum absolute atomic E-state index is 13.6. The summed E-state index contributed by atoms with van der Waals surface area (Å²) in [5.74, 6) is -3.36. The van der Waals surface area contributed by atoms with Gasteiger partial charge in [0, 0.05) is 11.6 Å². The van der Waals surface area contributed by atoms with Gasteiger partial charge in [0.15, 0.2) is 11.6 Å². The molecule has 1 aromatic carbocycles. The quantitative estimate of drug-likeness (QED) is 0.835. The Morgan fingerprint density at radius 1 is 1.22 bits per heavy atom. The summed E-state index contributed by atoms with van der Waals surface area (Å²) in [5, 5.41) is 1.93. The van der Waals surface area contributed by atoms with E-state index in [1.54, 1.807) is 20.8 Å². The molecular formula is C12H14F3NO2. The first-order valence-electron chi connectivity index (χ1n) is 5.26. The first kappa shape index (κ1) is 14.3. The summed E-state index contributed by atoms with van der Waals surface area (Å²) in [6.07, 6.45) is -1.01. The maximum Gasteiger partial charge on any atom is 0.412 e. The molecule has 1 N–H and O–H groups in total. The lowest BCUT2D eigenvalue weighted by atomic mass is 10.2. The number of nitrogens with one attached hydrogen (secondary N) is 1. The Hall–Kier alpha value is -1.72. The molecule has 0 atom stereocenters. The summed E-state index contributed by atoms with van der Waals surface area (Å²) < 4.78 is 44.8. The first-order chi connectivity index (χ1) is 8.11. The molecule has 0 fully saturated rings. The van der Waals surface area contributed by atoms with Crippen molar-refractivity contribution in [1.82, 2.24) is 0 Å². The summed E-state index contributed by atoms with van der Waals surface area (Å²) in [7, 11) is 0. The van der Waals surface area contributed by atoms with Crippen LogP contribution in [0.15, 0.2) is 6.07 Å². The van der Waals surface area contributed by atoms with Gasteiger partial charge in [-0.25, -0.2) is 18.0 Å². The predicted octanol–water partition coefficient (Wildman–Crippen LogP) is 3.76. The fraction of sp³-hybridized carbons (Fsp3) is 0.417. The van der Waals surface area contributed by atoms with Crippen molar-refractivity contribution >= 4 is 11.8 Å². The molecule has 6 heteroatoms. The van der Waals surface area contributed by atoms with Crippen molar-refractivity contribution in [1.29, 1.82) is 0 Å². The molecule has 100 valence electrons. The molecule has 1 rings (SSSR count). The molecule has 0 aromatic heterocycles. The van der Waals surface area contributed by atoms with Crippen molar-refractivity contribution in [3.05, 3.63) is 29.1 Å². The molecule has 18 heavy (non-hydrogen) atoms. The van der Waals surface area contributed by atoms with E-state index < -0.39 is 34.8 Å². The summed E-state index contributed by atoms with van der Waals surface area (Å²) in [5.41, 5.74) is -1.89. The van der Waals surface area contributed by atoms with E-state index in [4.69, 9.17) is 4.74 Å². The number of amides is 1. The highest BCUT2D eigenvalue weighted by Gasteiger charge is 2.21. The minimum Gasteiger partial charge on any atom is -0.444 e. The van der Waals surface area contributed by atoms with Crippen molar-refractivity contribution in [2.45, 2.75) is 33.3 Å². The van der Waals surface area contributed by atoms with Gasteiger partial charge >= 0.3 is 6.09 Å². The average molecular weight is 261 g/mol. The van der Waals surface area contributed by atoms with E-state index >= 15 is 0 Å². The first-order valence-corrected chi connectivity index (χ1v) is 5.26. The number of benzene rings is 1. The summed E-state index contributed by atoms with van der Waals surface area (Å²) in [6, 6.07) is 0.505.